The van der Waals surface area contributed by atoms with Crippen LogP contribution in [0.15, 0.2) is 30.5 Å². The summed E-state index contributed by atoms with van der Waals surface area (Å²) in [5.41, 5.74) is 2.42. The summed E-state index contributed by atoms with van der Waals surface area (Å²) in [6, 6.07) is 8.32. The normalized spacial score (nSPS) is 11.4. The van der Waals surface area contributed by atoms with Crippen LogP contribution in [0.5, 0.6) is 0 Å². The summed E-state index contributed by atoms with van der Waals surface area (Å²) in [4.78, 5) is 10.7. The molecular formula is C15H20N4O2. The second-order valence-electron chi connectivity index (χ2n) is 5.93. The highest BCUT2D eigenvalue weighted by molar-refractivity contribution is 5.84. The van der Waals surface area contributed by atoms with E-state index in [0.717, 1.165) is 5.69 Å². The van der Waals surface area contributed by atoms with Crippen molar-refractivity contribution in [2.45, 2.75) is 32.7 Å². The van der Waals surface area contributed by atoms with E-state index in [-0.39, 0.29) is 11.1 Å². The van der Waals surface area contributed by atoms with Crippen molar-refractivity contribution in [2.75, 3.05) is 11.9 Å². The highest BCUT2D eigenvalue weighted by Gasteiger charge is 2.12. The number of carboxylic acids is 1. The summed E-state index contributed by atoms with van der Waals surface area (Å²) in [6.45, 7) is 7.75. The van der Waals surface area contributed by atoms with Crippen LogP contribution in [0, 0.1) is 0 Å². The molecule has 2 rings (SSSR count). The number of rotatable bonds is 5. The maximum Gasteiger partial charge on any atom is 0.358 e. The lowest BCUT2D eigenvalue weighted by Crippen LogP contribution is -2.12. The van der Waals surface area contributed by atoms with Gasteiger partial charge in [0.2, 0.25) is 0 Å². The van der Waals surface area contributed by atoms with Crippen LogP contribution < -0.4 is 5.32 Å². The predicted molar refractivity (Wildman–Crippen MR) is 80.6 cm³/mol. The smallest absolute Gasteiger partial charge is 0.358 e. The molecule has 0 aliphatic heterocycles. The third kappa shape index (κ3) is 4.05. The van der Waals surface area contributed by atoms with Crippen molar-refractivity contribution in [1.82, 2.24) is 15.0 Å². The minimum absolute atomic E-state index is 0.0375. The first-order valence-corrected chi connectivity index (χ1v) is 6.84. The summed E-state index contributed by atoms with van der Waals surface area (Å²) in [5, 5.41) is 19.4. The van der Waals surface area contributed by atoms with Crippen LogP contribution in [0.3, 0.4) is 0 Å². The summed E-state index contributed by atoms with van der Waals surface area (Å²) in [6.07, 6.45) is 1.42. The molecule has 0 fully saturated rings. The van der Waals surface area contributed by atoms with Crippen LogP contribution in [0.1, 0.15) is 36.8 Å². The monoisotopic (exact) mass is 288 g/mol. The molecule has 0 atom stereocenters. The molecule has 0 amide bonds. The Morgan fingerprint density at radius 2 is 1.95 bits per heavy atom. The lowest BCUT2D eigenvalue weighted by Gasteiger charge is -2.19. The summed E-state index contributed by atoms with van der Waals surface area (Å²) < 4.78 is 1.51. The van der Waals surface area contributed by atoms with Gasteiger partial charge in [-0.1, -0.05) is 38.1 Å². The van der Waals surface area contributed by atoms with Crippen molar-refractivity contribution in [3.8, 4) is 0 Å². The van der Waals surface area contributed by atoms with Gasteiger partial charge >= 0.3 is 5.97 Å². The molecule has 2 N–H and O–H groups in total. The van der Waals surface area contributed by atoms with Gasteiger partial charge in [0.15, 0.2) is 5.69 Å². The average Bonchev–Trinajstić information content (AvgIpc) is 2.87. The van der Waals surface area contributed by atoms with Gasteiger partial charge in [-0.3, -0.25) is 0 Å². The van der Waals surface area contributed by atoms with E-state index in [2.05, 4.69) is 48.5 Å². The number of carbonyl (C=O) groups is 1. The highest BCUT2D eigenvalue weighted by Crippen LogP contribution is 2.23. The number of aromatic nitrogens is 3. The van der Waals surface area contributed by atoms with Crippen LogP contribution in [0.4, 0.5) is 5.69 Å². The van der Waals surface area contributed by atoms with Crippen molar-refractivity contribution in [3.63, 3.8) is 0 Å². The minimum atomic E-state index is -1.06. The van der Waals surface area contributed by atoms with E-state index < -0.39 is 5.97 Å². The second-order valence-corrected chi connectivity index (χ2v) is 5.93. The number of nitrogens with one attached hydrogen (secondary N) is 1. The van der Waals surface area contributed by atoms with E-state index in [1.807, 2.05) is 12.1 Å². The molecule has 6 heteroatoms. The second kappa shape index (κ2) is 5.95. The van der Waals surface area contributed by atoms with Gasteiger partial charge in [0.25, 0.3) is 0 Å². The lowest BCUT2D eigenvalue weighted by molar-refractivity contribution is 0.0690. The molecule has 6 nitrogen and oxygen atoms in total. The zero-order valence-electron chi connectivity index (χ0n) is 12.5. The van der Waals surface area contributed by atoms with Crippen LogP contribution in [-0.2, 0) is 12.0 Å². The summed E-state index contributed by atoms with van der Waals surface area (Å²) >= 11 is 0. The number of aromatic carboxylic acids is 1. The molecule has 21 heavy (non-hydrogen) atoms. The van der Waals surface area contributed by atoms with Crippen LogP contribution in [-0.4, -0.2) is 32.6 Å². The Balaban J connectivity index is 1.87. The minimum Gasteiger partial charge on any atom is -0.476 e. The van der Waals surface area contributed by atoms with Gasteiger partial charge in [0.05, 0.1) is 12.7 Å². The van der Waals surface area contributed by atoms with Gasteiger partial charge in [-0.15, -0.1) is 5.10 Å². The molecule has 1 heterocycles. The van der Waals surface area contributed by atoms with Gasteiger partial charge in [-0.2, -0.15) is 0 Å². The van der Waals surface area contributed by atoms with Gasteiger partial charge in [0.1, 0.15) is 0 Å². The molecule has 0 aliphatic rings. The summed E-state index contributed by atoms with van der Waals surface area (Å²) in [5.74, 6) is -1.06. The van der Waals surface area contributed by atoms with Crippen molar-refractivity contribution in [3.05, 3.63) is 41.7 Å². The molecule has 2 aromatic rings. The molecule has 1 aromatic carbocycles. The fraction of sp³-hybridized carbons (Fsp3) is 0.400. The van der Waals surface area contributed by atoms with E-state index in [9.17, 15) is 4.79 Å². The highest BCUT2D eigenvalue weighted by atomic mass is 16.4. The standard InChI is InChI=1S/C15H20N4O2/c1-15(2,3)11-4-6-12(7-5-11)16-8-9-19-10-13(14(20)21)17-18-19/h4-7,10,16H,8-9H2,1-3H3,(H,20,21). The van der Waals surface area contributed by atoms with Gasteiger partial charge in [-0.05, 0) is 23.1 Å². The zero-order chi connectivity index (χ0) is 15.5. The Kier molecular flexibility index (Phi) is 4.26. The molecule has 0 bridgehead atoms. The van der Waals surface area contributed by atoms with Gasteiger partial charge in [-0.25, -0.2) is 9.48 Å². The van der Waals surface area contributed by atoms with E-state index >= 15 is 0 Å². The lowest BCUT2D eigenvalue weighted by atomic mass is 9.87. The van der Waals surface area contributed by atoms with E-state index in [1.54, 1.807) is 0 Å². The van der Waals surface area contributed by atoms with Crippen molar-refractivity contribution in [2.24, 2.45) is 0 Å². The molecule has 1 aromatic heterocycles. The molecule has 0 radical (unpaired) electrons. The zero-order valence-corrected chi connectivity index (χ0v) is 12.5. The molecule has 112 valence electrons. The average molecular weight is 288 g/mol. The molecule has 0 saturated carbocycles. The Bertz CT molecular complexity index is 611. The molecule has 0 saturated heterocycles. The van der Waals surface area contributed by atoms with Crippen molar-refractivity contribution >= 4 is 11.7 Å². The maximum atomic E-state index is 10.7. The number of anilines is 1. The number of nitrogens with zero attached hydrogens (tertiary/aromatic N) is 3. The van der Waals surface area contributed by atoms with Gasteiger partial charge < -0.3 is 10.4 Å². The Labute approximate surface area is 123 Å². The fourth-order valence-electron chi connectivity index (χ4n) is 1.91. The molecule has 0 spiro atoms. The number of carboxylic acid groups (broad SMARTS) is 1. The molecular weight excluding hydrogens is 268 g/mol. The third-order valence-corrected chi connectivity index (χ3v) is 3.18. The summed E-state index contributed by atoms with van der Waals surface area (Å²) in [7, 11) is 0. The van der Waals surface area contributed by atoms with E-state index in [4.69, 9.17) is 5.11 Å². The first-order chi connectivity index (χ1) is 9.86. The van der Waals surface area contributed by atoms with Crippen molar-refractivity contribution in [1.29, 1.82) is 0 Å². The quantitative estimate of drug-likeness (QED) is 0.883. The first-order valence-electron chi connectivity index (χ1n) is 6.84. The van der Waals surface area contributed by atoms with Crippen LogP contribution in [0.25, 0.3) is 0 Å². The number of benzene rings is 1. The maximum absolute atomic E-state index is 10.7. The Hall–Kier alpha value is -2.37. The first kappa shape index (κ1) is 15.0. The van der Waals surface area contributed by atoms with Gasteiger partial charge in [0, 0.05) is 12.2 Å². The Morgan fingerprint density at radius 3 is 2.48 bits per heavy atom. The fourth-order valence-corrected chi connectivity index (χ4v) is 1.91. The Morgan fingerprint density at radius 1 is 1.29 bits per heavy atom. The van der Waals surface area contributed by atoms with Crippen molar-refractivity contribution < 1.29 is 9.90 Å². The van der Waals surface area contributed by atoms with Crippen LogP contribution in [0.2, 0.25) is 0 Å². The van der Waals surface area contributed by atoms with Crippen LogP contribution >= 0.6 is 0 Å². The third-order valence-electron chi connectivity index (χ3n) is 3.18. The topological polar surface area (TPSA) is 80.0 Å². The number of hydrogen-bond acceptors (Lipinski definition) is 4. The number of hydrogen-bond donors (Lipinski definition) is 2. The predicted octanol–water partition coefficient (Wildman–Crippen LogP) is 2.39. The molecule has 0 unspecified atom stereocenters. The van der Waals surface area contributed by atoms with E-state index in [1.165, 1.54) is 16.4 Å². The SMILES string of the molecule is CC(C)(C)c1ccc(NCCn2cc(C(=O)O)nn2)cc1. The molecule has 0 aliphatic carbocycles. The largest absolute Gasteiger partial charge is 0.476 e. The van der Waals surface area contributed by atoms with E-state index in [0.29, 0.717) is 13.1 Å².